The number of halogens is 3. The Kier molecular flexibility index (Phi) is 5.79. The highest BCUT2D eigenvalue weighted by Crippen LogP contribution is 2.22. The predicted molar refractivity (Wildman–Crippen MR) is 103 cm³/mol. The van der Waals surface area contributed by atoms with Gasteiger partial charge in [-0.2, -0.15) is 10.2 Å². The second kappa shape index (κ2) is 8.10. The van der Waals surface area contributed by atoms with Crippen molar-refractivity contribution in [3.8, 4) is 0 Å². The Balaban J connectivity index is 1.76. The maximum absolute atomic E-state index is 13.1. The van der Waals surface area contributed by atoms with E-state index in [4.69, 9.17) is 11.6 Å². The summed E-state index contributed by atoms with van der Waals surface area (Å²) in [5.74, 6) is -0.446. The van der Waals surface area contributed by atoms with Gasteiger partial charge in [0.2, 0.25) is 5.91 Å². The molecule has 0 saturated heterocycles. The molecule has 0 unspecified atom stereocenters. The Morgan fingerprint density at radius 2 is 1.93 bits per heavy atom. The number of anilines is 1. The molecule has 0 spiro atoms. The molecule has 28 heavy (non-hydrogen) atoms. The molecule has 1 N–H and O–H groups in total. The lowest BCUT2D eigenvalue weighted by Crippen LogP contribution is -2.21. The summed E-state index contributed by atoms with van der Waals surface area (Å²) in [4.78, 5) is 12.4. The normalized spacial score (nSPS) is 11.2. The van der Waals surface area contributed by atoms with Crippen molar-refractivity contribution in [1.82, 2.24) is 19.6 Å². The molecule has 0 aliphatic carbocycles. The first kappa shape index (κ1) is 20.0. The van der Waals surface area contributed by atoms with Crippen molar-refractivity contribution in [2.24, 2.45) is 0 Å². The van der Waals surface area contributed by atoms with Crippen molar-refractivity contribution in [3.05, 3.63) is 63.7 Å². The average molecular weight is 408 g/mol. The molecular weight excluding hydrogens is 388 g/mol. The van der Waals surface area contributed by atoms with Crippen LogP contribution in [0.4, 0.5) is 14.5 Å². The number of carbonyl (C=O) groups is 1. The van der Waals surface area contributed by atoms with E-state index in [1.165, 1.54) is 6.07 Å². The van der Waals surface area contributed by atoms with Gasteiger partial charge in [-0.05, 0) is 44.5 Å². The molecule has 3 aromatic rings. The van der Waals surface area contributed by atoms with Crippen LogP contribution >= 0.6 is 11.6 Å². The first-order chi connectivity index (χ1) is 13.2. The van der Waals surface area contributed by atoms with E-state index in [9.17, 15) is 13.6 Å². The summed E-state index contributed by atoms with van der Waals surface area (Å²) in [6.45, 7) is 5.42. The zero-order valence-corrected chi connectivity index (χ0v) is 16.5. The van der Waals surface area contributed by atoms with Crippen LogP contribution in [0.5, 0.6) is 0 Å². The van der Waals surface area contributed by atoms with Gasteiger partial charge in [0, 0.05) is 5.02 Å². The van der Waals surface area contributed by atoms with Crippen molar-refractivity contribution in [2.75, 3.05) is 5.32 Å². The van der Waals surface area contributed by atoms with Crippen LogP contribution in [-0.4, -0.2) is 25.5 Å². The molecule has 0 atom stereocenters. The second-order valence-corrected chi connectivity index (χ2v) is 6.99. The molecule has 2 heterocycles. The molecule has 148 valence electrons. The lowest BCUT2D eigenvalue weighted by molar-refractivity contribution is -0.117. The third-order valence-corrected chi connectivity index (χ3v) is 4.55. The Bertz CT molecular complexity index is 1010. The maximum Gasteiger partial charge on any atom is 0.280 e. The smallest absolute Gasteiger partial charge is 0.280 e. The second-order valence-electron chi connectivity index (χ2n) is 6.55. The fraction of sp³-hybridized carbons (Fsp3) is 0.316. The van der Waals surface area contributed by atoms with E-state index in [1.54, 1.807) is 24.6 Å². The van der Waals surface area contributed by atoms with Crippen molar-refractivity contribution < 1.29 is 13.6 Å². The lowest BCUT2D eigenvalue weighted by atomic mass is 10.2. The summed E-state index contributed by atoms with van der Waals surface area (Å²) in [5, 5.41) is 11.8. The van der Waals surface area contributed by atoms with Crippen LogP contribution in [0.15, 0.2) is 30.3 Å². The molecule has 9 heteroatoms. The third-order valence-electron chi connectivity index (χ3n) is 4.32. The van der Waals surface area contributed by atoms with E-state index in [0.717, 1.165) is 15.9 Å². The summed E-state index contributed by atoms with van der Waals surface area (Å²) in [6, 6.07) is 8.72. The van der Waals surface area contributed by atoms with Gasteiger partial charge in [-0.25, -0.2) is 8.78 Å². The quantitative estimate of drug-likeness (QED) is 0.663. The Morgan fingerprint density at radius 3 is 2.61 bits per heavy atom. The van der Waals surface area contributed by atoms with Crippen LogP contribution < -0.4 is 5.32 Å². The number of nitrogens with one attached hydrogen (secondary N) is 1. The van der Waals surface area contributed by atoms with E-state index in [1.807, 2.05) is 25.1 Å². The summed E-state index contributed by atoms with van der Waals surface area (Å²) in [6.07, 6.45) is -2.70. The van der Waals surface area contributed by atoms with Gasteiger partial charge in [0.15, 0.2) is 0 Å². The number of rotatable bonds is 6. The largest absolute Gasteiger partial charge is 0.321 e. The van der Waals surface area contributed by atoms with Gasteiger partial charge >= 0.3 is 0 Å². The molecule has 3 rings (SSSR count). The molecule has 0 aliphatic heterocycles. The number of benzene rings is 1. The SMILES string of the molecule is Cc1cc(C(F)F)n(CC(=O)Nc2c(C)nn(Cc3cccc(Cl)c3)c2C)n1. The molecular formula is C19H20ClF2N5O. The molecule has 0 radical (unpaired) electrons. The van der Waals surface area contributed by atoms with Crippen LogP contribution in [-0.2, 0) is 17.9 Å². The molecule has 6 nitrogen and oxygen atoms in total. The Labute approximate surface area is 166 Å². The van der Waals surface area contributed by atoms with Crippen LogP contribution in [0.3, 0.4) is 0 Å². The summed E-state index contributed by atoms with van der Waals surface area (Å²) in [7, 11) is 0. The van der Waals surface area contributed by atoms with E-state index in [0.29, 0.717) is 28.6 Å². The predicted octanol–water partition coefficient (Wildman–Crippen LogP) is 4.28. The van der Waals surface area contributed by atoms with Gasteiger partial charge in [0.05, 0.1) is 29.3 Å². The van der Waals surface area contributed by atoms with E-state index < -0.39 is 12.3 Å². The highest BCUT2D eigenvalue weighted by atomic mass is 35.5. The van der Waals surface area contributed by atoms with Gasteiger partial charge in [-0.15, -0.1) is 0 Å². The zero-order valence-electron chi connectivity index (χ0n) is 15.7. The first-order valence-electron chi connectivity index (χ1n) is 8.65. The summed E-state index contributed by atoms with van der Waals surface area (Å²) >= 11 is 6.02. The van der Waals surface area contributed by atoms with E-state index >= 15 is 0 Å². The molecule has 2 aromatic heterocycles. The first-order valence-corrected chi connectivity index (χ1v) is 9.03. The molecule has 0 saturated carbocycles. The minimum Gasteiger partial charge on any atom is -0.321 e. The van der Waals surface area contributed by atoms with Crippen molar-refractivity contribution in [1.29, 1.82) is 0 Å². The highest BCUT2D eigenvalue weighted by Gasteiger charge is 2.19. The number of carbonyl (C=O) groups excluding carboxylic acids is 1. The number of hydrogen-bond donors (Lipinski definition) is 1. The molecule has 0 aliphatic rings. The fourth-order valence-electron chi connectivity index (χ4n) is 3.02. The van der Waals surface area contributed by atoms with Crippen LogP contribution in [0.1, 0.15) is 34.8 Å². The zero-order chi connectivity index (χ0) is 20.4. The Hall–Kier alpha value is -2.74. The molecule has 0 bridgehead atoms. The van der Waals surface area contributed by atoms with E-state index in [-0.39, 0.29) is 12.2 Å². The van der Waals surface area contributed by atoms with Crippen LogP contribution in [0.2, 0.25) is 5.02 Å². The van der Waals surface area contributed by atoms with Gasteiger partial charge < -0.3 is 5.32 Å². The fourth-order valence-corrected chi connectivity index (χ4v) is 3.24. The topological polar surface area (TPSA) is 64.7 Å². The highest BCUT2D eigenvalue weighted by molar-refractivity contribution is 6.30. The number of amides is 1. The Morgan fingerprint density at radius 1 is 1.18 bits per heavy atom. The molecule has 1 amide bonds. The summed E-state index contributed by atoms with van der Waals surface area (Å²) < 4.78 is 28.9. The number of aryl methyl sites for hydroxylation is 2. The van der Waals surface area contributed by atoms with Crippen molar-refractivity contribution in [3.63, 3.8) is 0 Å². The number of hydrogen-bond acceptors (Lipinski definition) is 3. The molecule has 0 fully saturated rings. The number of nitrogens with zero attached hydrogens (tertiary/aromatic N) is 4. The number of aromatic nitrogens is 4. The van der Waals surface area contributed by atoms with Gasteiger partial charge in [-0.3, -0.25) is 14.2 Å². The lowest BCUT2D eigenvalue weighted by Gasteiger charge is -2.09. The van der Waals surface area contributed by atoms with Gasteiger partial charge in [0.25, 0.3) is 6.43 Å². The van der Waals surface area contributed by atoms with Crippen molar-refractivity contribution in [2.45, 2.75) is 40.3 Å². The minimum absolute atomic E-state index is 0.280. The standard InChI is InChI=1S/C19H20ClF2N5O/c1-11-7-16(19(21)22)27(24-11)10-17(28)23-18-12(2)25-26(13(18)3)9-14-5-4-6-15(20)8-14/h4-8,19H,9-10H2,1-3H3,(H,23,28). The average Bonchev–Trinajstić information content (AvgIpc) is 3.09. The molecule has 1 aromatic carbocycles. The van der Waals surface area contributed by atoms with E-state index in [2.05, 4.69) is 15.5 Å². The summed E-state index contributed by atoms with van der Waals surface area (Å²) in [5.41, 5.74) is 3.09. The number of alkyl halides is 2. The monoisotopic (exact) mass is 407 g/mol. The minimum atomic E-state index is -2.70. The third kappa shape index (κ3) is 4.39. The van der Waals surface area contributed by atoms with Crippen LogP contribution in [0, 0.1) is 20.8 Å². The maximum atomic E-state index is 13.1. The van der Waals surface area contributed by atoms with Crippen LogP contribution in [0.25, 0.3) is 0 Å². The van der Waals surface area contributed by atoms with Gasteiger partial charge in [0.1, 0.15) is 12.2 Å². The van der Waals surface area contributed by atoms with Gasteiger partial charge in [-0.1, -0.05) is 23.7 Å². The van der Waals surface area contributed by atoms with Crippen molar-refractivity contribution >= 4 is 23.2 Å².